The fourth-order valence-electron chi connectivity index (χ4n) is 2.19. The van der Waals surface area contributed by atoms with Gasteiger partial charge in [-0.2, -0.15) is 0 Å². The summed E-state index contributed by atoms with van der Waals surface area (Å²) in [6.07, 6.45) is 1.40. The van der Waals surface area contributed by atoms with E-state index in [-0.39, 0.29) is 18.4 Å². The first-order valence-electron chi connectivity index (χ1n) is 7.82. The molecule has 2 aromatic rings. The number of aliphatic hydroxyl groups excluding tert-OH is 1. The van der Waals surface area contributed by atoms with E-state index >= 15 is 0 Å². The molecule has 0 bridgehead atoms. The number of hydrogen-bond acceptors (Lipinski definition) is 5. The first-order chi connectivity index (χ1) is 11.5. The highest BCUT2D eigenvalue weighted by atomic mass is 35.5. The van der Waals surface area contributed by atoms with Crippen molar-refractivity contribution in [3.05, 3.63) is 47.0 Å². The van der Waals surface area contributed by atoms with Crippen LogP contribution in [0, 0.1) is 0 Å². The van der Waals surface area contributed by atoms with E-state index in [4.69, 9.17) is 27.2 Å². The molecule has 4 N–H and O–H groups in total. The Hall–Kier alpha value is -1.40. The zero-order valence-electron chi connectivity index (χ0n) is 13.5. The average molecular weight is 368 g/mol. The van der Waals surface area contributed by atoms with Crippen molar-refractivity contribution in [2.75, 3.05) is 13.2 Å². The SMILES string of the molecule is CCOc1ccc(O)c(Sc2ccc(CC[C@H](N)CO)c(Cl)c2)c1. The van der Waals surface area contributed by atoms with Gasteiger partial charge in [-0.3, -0.25) is 0 Å². The second-order valence-electron chi connectivity index (χ2n) is 5.40. The summed E-state index contributed by atoms with van der Waals surface area (Å²) in [6, 6.07) is 10.7. The fourth-order valence-corrected chi connectivity index (χ4v) is 3.44. The van der Waals surface area contributed by atoms with Gasteiger partial charge >= 0.3 is 0 Å². The molecule has 0 saturated carbocycles. The van der Waals surface area contributed by atoms with Crippen LogP contribution in [0.5, 0.6) is 11.5 Å². The van der Waals surface area contributed by atoms with Crippen LogP contribution < -0.4 is 10.5 Å². The van der Waals surface area contributed by atoms with Crippen LogP contribution in [0.2, 0.25) is 5.02 Å². The van der Waals surface area contributed by atoms with Gasteiger partial charge in [0.15, 0.2) is 0 Å². The molecule has 0 aliphatic carbocycles. The molecule has 0 aliphatic rings. The molecular weight excluding hydrogens is 346 g/mol. The van der Waals surface area contributed by atoms with E-state index in [9.17, 15) is 5.11 Å². The predicted octanol–water partition coefficient (Wildman–Crippen LogP) is 3.85. The molecule has 0 unspecified atom stereocenters. The summed E-state index contributed by atoms with van der Waals surface area (Å²) >= 11 is 7.77. The maximum atomic E-state index is 10.0. The Morgan fingerprint density at radius 1 is 1.25 bits per heavy atom. The first-order valence-corrected chi connectivity index (χ1v) is 9.01. The lowest BCUT2D eigenvalue weighted by molar-refractivity contribution is 0.260. The summed E-state index contributed by atoms with van der Waals surface area (Å²) in [5.74, 6) is 0.927. The maximum Gasteiger partial charge on any atom is 0.129 e. The highest BCUT2D eigenvalue weighted by Crippen LogP contribution is 2.38. The Bertz CT molecular complexity index is 681. The van der Waals surface area contributed by atoms with Gasteiger partial charge in [-0.25, -0.2) is 0 Å². The molecule has 4 nitrogen and oxygen atoms in total. The first kappa shape index (κ1) is 18.9. The molecule has 1 atom stereocenters. The molecule has 0 saturated heterocycles. The number of phenols is 1. The molecule has 0 heterocycles. The van der Waals surface area contributed by atoms with Gasteiger partial charge in [0.05, 0.1) is 18.1 Å². The van der Waals surface area contributed by atoms with Gasteiger partial charge in [0.25, 0.3) is 0 Å². The van der Waals surface area contributed by atoms with Crippen LogP contribution in [-0.4, -0.2) is 29.5 Å². The van der Waals surface area contributed by atoms with Gasteiger partial charge in [-0.05, 0) is 55.7 Å². The minimum Gasteiger partial charge on any atom is -0.507 e. The number of ether oxygens (including phenoxy) is 1. The molecule has 6 heteroatoms. The smallest absolute Gasteiger partial charge is 0.129 e. The number of phenolic OH excluding ortho intramolecular Hbond substituents is 1. The predicted molar refractivity (Wildman–Crippen MR) is 98.2 cm³/mol. The van der Waals surface area contributed by atoms with Crippen molar-refractivity contribution in [3.8, 4) is 11.5 Å². The van der Waals surface area contributed by atoms with Crippen LogP contribution in [0.3, 0.4) is 0 Å². The Morgan fingerprint density at radius 2 is 2.04 bits per heavy atom. The van der Waals surface area contributed by atoms with Crippen LogP contribution in [0.25, 0.3) is 0 Å². The van der Waals surface area contributed by atoms with Gasteiger partial charge < -0.3 is 20.7 Å². The second-order valence-corrected chi connectivity index (χ2v) is 6.92. The van der Waals surface area contributed by atoms with Crippen molar-refractivity contribution in [2.45, 2.75) is 35.6 Å². The summed E-state index contributed by atoms with van der Waals surface area (Å²) < 4.78 is 5.46. The van der Waals surface area contributed by atoms with Crippen LogP contribution >= 0.6 is 23.4 Å². The topological polar surface area (TPSA) is 75.7 Å². The number of rotatable bonds is 8. The van der Waals surface area contributed by atoms with E-state index in [0.717, 1.165) is 22.6 Å². The van der Waals surface area contributed by atoms with E-state index in [1.54, 1.807) is 12.1 Å². The van der Waals surface area contributed by atoms with E-state index in [1.165, 1.54) is 11.8 Å². The lowest BCUT2D eigenvalue weighted by Crippen LogP contribution is -2.24. The third kappa shape index (κ3) is 5.31. The Morgan fingerprint density at radius 3 is 2.71 bits per heavy atom. The highest BCUT2D eigenvalue weighted by Gasteiger charge is 2.09. The van der Waals surface area contributed by atoms with Crippen LogP contribution in [-0.2, 0) is 6.42 Å². The zero-order valence-corrected chi connectivity index (χ0v) is 15.1. The van der Waals surface area contributed by atoms with E-state index in [1.807, 2.05) is 31.2 Å². The second kappa shape index (κ2) is 9.18. The summed E-state index contributed by atoms with van der Waals surface area (Å²) in [5.41, 5.74) is 6.72. The fraction of sp³-hybridized carbons (Fsp3) is 0.333. The van der Waals surface area contributed by atoms with Crippen LogP contribution in [0.4, 0.5) is 0 Å². The Labute approximate surface area is 151 Å². The van der Waals surface area contributed by atoms with Crippen LogP contribution in [0.1, 0.15) is 18.9 Å². The van der Waals surface area contributed by atoms with Gasteiger partial charge in [0.1, 0.15) is 11.5 Å². The van der Waals surface area contributed by atoms with Gasteiger partial charge in [-0.15, -0.1) is 0 Å². The minimum absolute atomic E-state index is 0.0268. The zero-order chi connectivity index (χ0) is 17.5. The lowest BCUT2D eigenvalue weighted by atomic mass is 10.1. The standard InChI is InChI=1S/C18H22ClNO3S/c1-2-23-14-6-8-17(22)18(9-14)24-15-7-4-12(16(19)10-15)3-5-13(20)11-21/h4,6-10,13,21-22H,2-3,5,11,20H2,1H3/t13-/m0/s1. The number of hydrogen-bond donors (Lipinski definition) is 3. The number of halogens is 1. The van der Waals surface area contributed by atoms with Crippen molar-refractivity contribution in [1.82, 2.24) is 0 Å². The normalized spacial score (nSPS) is 12.2. The summed E-state index contributed by atoms with van der Waals surface area (Å²) in [4.78, 5) is 1.64. The van der Waals surface area contributed by atoms with E-state index in [0.29, 0.717) is 22.9 Å². The lowest BCUT2D eigenvalue weighted by Gasteiger charge is -2.11. The molecule has 130 valence electrons. The molecule has 0 aliphatic heterocycles. The Kier molecular flexibility index (Phi) is 7.24. The van der Waals surface area contributed by atoms with Gasteiger partial charge in [0.2, 0.25) is 0 Å². The third-order valence-electron chi connectivity index (χ3n) is 3.51. The quantitative estimate of drug-likeness (QED) is 0.660. The largest absolute Gasteiger partial charge is 0.507 e. The molecule has 0 spiro atoms. The number of aliphatic hydroxyl groups is 1. The molecule has 0 radical (unpaired) electrons. The average Bonchev–Trinajstić information content (AvgIpc) is 2.57. The van der Waals surface area contributed by atoms with Crippen molar-refractivity contribution < 1.29 is 14.9 Å². The van der Waals surface area contributed by atoms with Crippen molar-refractivity contribution in [3.63, 3.8) is 0 Å². The molecule has 0 fully saturated rings. The Balaban J connectivity index is 2.10. The van der Waals surface area contributed by atoms with Crippen molar-refractivity contribution in [1.29, 1.82) is 0 Å². The maximum absolute atomic E-state index is 10.0. The van der Waals surface area contributed by atoms with E-state index < -0.39 is 0 Å². The monoisotopic (exact) mass is 367 g/mol. The molecule has 0 amide bonds. The molecule has 2 aromatic carbocycles. The highest BCUT2D eigenvalue weighted by molar-refractivity contribution is 7.99. The van der Waals surface area contributed by atoms with Crippen molar-refractivity contribution >= 4 is 23.4 Å². The molecule has 0 aromatic heterocycles. The van der Waals surface area contributed by atoms with E-state index in [2.05, 4.69) is 0 Å². The van der Waals surface area contributed by atoms with Gasteiger partial charge in [-0.1, -0.05) is 29.4 Å². The van der Waals surface area contributed by atoms with Crippen molar-refractivity contribution in [2.24, 2.45) is 5.73 Å². The van der Waals surface area contributed by atoms with Crippen LogP contribution in [0.15, 0.2) is 46.2 Å². The minimum atomic E-state index is -0.228. The number of aromatic hydroxyl groups is 1. The summed E-state index contributed by atoms with van der Waals surface area (Å²) in [7, 11) is 0. The molecule has 24 heavy (non-hydrogen) atoms. The molecule has 2 rings (SSSR count). The number of benzene rings is 2. The summed E-state index contributed by atoms with van der Waals surface area (Å²) in [6.45, 7) is 2.47. The third-order valence-corrected chi connectivity index (χ3v) is 4.90. The number of nitrogens with two attached hydrogens (primary N) is 1. The molecular formula is C18H22ClNO3S. The van der Waals surface area contributed by atoms with Gasteiger partial charge in [0, 0.05) is 16.0 Å². The number of aryl methyl sites for hydroxylation is 1. The summed E-state index contributed by atoms with van der Waals surface area (Å²) in [5, 5.41) is 19.7.